The molecule has 0 radical (unpaired) electrons. The number of rotatable bonds is 5. The van der Waals surface area contributed by atoms with Crippen LogP contribution in [0.4, 0.5) is 0 Å². The number of nitrogens with one attached hydrogen (secondary N) is 2. The number of hydrogen-bond donors (Lipinski definition) is 2. The Morgan fingerprint density at radius 2 is 2.19 bits per heavy atom. The van der Waals surface area contributed by atoms with E-state index in [0.29, 0.717) is 21.6 Å². The highest BCUT2D eigenvalue weighted by molar-refractivity contribution is 9.10. The van der Waals surface area contributed by atoms with Crippen molar-refractivity contribution in [1.82, 2.24) is 10.6 Å². The quantitative estimate of drug-likeness (QED) is 0.821. The number of hydrogen-bond acceptors (Lipinski definition) is 2. The Balaban J connectivity index is 2.53. The van der Waals surface area contributed by atoms with Crippen molar-refractivity contribution in [3.8, 4) is 0 Å². The van der Waals surface area contributed by atoms with Crippen LogP contribution in [0.25, 0.3) is 0 Å². The van der Waals surface area contributed by atoms with Gasteiger partial charge >= 0.3 is 0 Å². The Hall–Kier alpha value is -0.580. The van der Waals surface area contributed by atoms with E-state index in [2.05, 4.69) is 26.6 Å². The Morgan fingerprint density at radius 3 is 2.81 bits per heavy atom. The second-order valence-electron chi connectivity index (χ2n) is 3.34. The molecule has 0 fully saturated rings. The largest absolute Gasteiger partial charge is 0.352 e. The van der Waals surface area contributed by atoms with E-state index in [1.165, 1.54) is 0 Å². The summed E-state index contributed by atoms with van der Waals surface area (Å²) in [5.41, 5.74) is 0.605. The van der Waals surface area contributed by atoms with Gasteiger partial charge < -0.3 is 10.6 Å². The monoisotopic (exact) mass is 304 g/mol. The van der Waals surface area contributed by atoms with Gasteiger partial charge in [0.1, 0.15) is 0 Å². The molecule has 88 valence electrons. The minimum absolute atomic E-state index is 0.0837. The van der Waals surface area contributed by atoms with Crippen LogP contribution in [-0.4, -0.2) is 26.0 Å². The van der Waals surface area contributed by atoms with Gasteiger partial charge in [-0.25, -0.2) is 0 Å². The van der Waals surface area contributed by atoms with E-state index in [-0.39, 0.29) is 5.91 Å². The number of amides is 1. The van der Waals surface area contributed by atoms with E-state index in [0.717, 1.165) is 13.0 Å². The van der Waals surface area contributed by atoms with Gasteiger partial charge in [0.25, 0.3) is 5.91 Å². The van der Waals surface area contributed by atoms with Crippen LogP contribution in [0.5, 0.6) is 0 Å². The van der Waals surface area contributed by atoms with Crippen molar-refractivity contribution in [2.24, 2.45) is 0 Å². The molecule has 0 aromatic heterocycles. The Morgan fingerprint density at radius 1 is 1.44 bits per heavy atom. The summed E-state index contributed by atoms with van der Waals surface area (Å²) in [6.07, 6.45) is 0.910. The lowest BCUT2D eigenvalue weighted by Gasteiger charge is -2.06. The van der Waals surface area contributed by atoms with Gasteiger partial charge in [-0.2, -0.15) is 0 Å². The van der Waals surface area contributed by atoms with E-state index in [1.807, 2.05) is 7.05 Å². The topological polar surface area (TPSA) is 41.1 Å². The fourth-order valence-corrected chi connectivity index (χ4v) is 2.10. The van der Waals surface area contributed by atoms with Gasteiger partial charge in [-0.05, 0) is 54.1 Å². The molecule has 0 unspecified atom stereocenters. The van der Waals surface area contributed by atoms with Crippen molar-refractivity contribution in [3.05, 3.63) is 33.3 Å². The third kappa shape index (κ3) is 4.12. The highest BCUT2D eigenvalue weighted by atomic mass is 79.9. The molecule has 1 aromatic carbocycles. The molecule has 0 saturated heterocycles. The molecule has 16 heavy (non-hydrogen) atoms. The molecule has 2 N–H and O–H groups in total. The van der Waals surface area contributed by atoms with Crippen LogP contribution < -0.4 is 10.6 Å². The zero-order valence-electron chi connectivity index (χ0n) is 9.02. The molecule has 1 aromatic rings. The van der Waals surface area contributed by atoms with Crippen molar-refractivity contribution in [1.29, 1.82) is 0 Å². The predicted molar refractivity (Wildman–Crippen MR) is 70.0 cm³/mol. The Kier molecular flexibility index (Phi) is 5.80. The summed E-state index contributed by atoms with van der Waals surface area (Å²) in [6, 6.07) is 5.12. The summed E-state index contributed by atoms with van der Waals surface area (Å²) >= 11 is 9.11. The smallest absolute Gasteiger partial charge is 0.252 e. The van der Waals surface area contributed by atoms with Crippen LogP contribution in [0, 0.1) is 0 Å². The van der Waals surface area contributed by atoms with Crippen molar-refractivity contribution in [2.45, 2.75) is 6.42 Å². The Bertz CT molecular complexity index is 371. The first-order chi connectivity index (χ1) is 7.65. The maximum Gasteiger partial charge on any atom is 0.252 e. The second-order valence-corrected chi connectivity index (χ2v) is 4.63. The molecule has 0 aliphatic carbocycles. The molecule has 3 nitrogen and oxygen atoms in total. The molecule has 0 atom stereocenters. The zero-order valence-corrected chi connectivity index (χ0v) is 11.4. The van der Waals surface area contributed by atoms with Gasteiger partial charge in [0.15, 0.2) is 0 Å². The van der Waals surface area contributed by atoms with Crippen LogP contribution in [0.2, 0.25) is 5.02 Å². The zero-order chi connectivity index (χ0) is 12.0. The standard InChI is InChI=1S/C11H14BrClN2O/c1-14-5-2-6-15-11(16)9-4-3-8(13)7-10(9)12/h3-4,7,14H,2,5-6H2,1H3,(H,15,16). The first-order valence-electron chi connectivity index (χ1n) is 5.03. The van der Waals surface area contributed by atoms with Crippen LogP contribution >= 0.6 is 27.5 Å². The van der Waals surface area contributed by atoms with Crippen LogP contribution in [-0.2, 0) is 0 Å². The van der Waals surface area contributed by atoms with E-state index in [9.17, 15) is 4.79 Å². The normalized spacial score (nSPS) is 10.2. The SMILES string of the molecule is CNCCCNC(=O)c1ccc(Cl)cc1Br. The maximum absolute atomic E-state index is 11.7. The molecular weight excluding hydrogens is 291 g/mol. The average Bonchev–Trinajstić information content (AvgIpc) is 2.24. The van der Waals surface area contributed by atoms with Crippen LogP contribution in [0.3, 0.4) is 0 Å². The van der Waals surface area contributed by atoms with Crippen molar-refractivity contribution >= 4 is 33.4 Å². The van der Waals surface area contributed by atoms with Crippen LogP contribution in [0.1, 0.15) is 16.8 Å². The molecule has 1 rings (SSSR count). The van der Waals surface area contributed by atoms with Gasteiger partial charge in [0.2, 0.25) is 0 Å². The molecule has 1 amide bonds. The number of carbonyl (C=O) groups is 1. The summed E-state index contributed by atoms with van der Waals surface area (Å²) in [7, 11) is 1.89. The average molecular weight is 306 g/mol. The van der Waals surface area contributed by atoms with Gasteiger partial charge in [-0.3, -0.25) is 4.79 Å². The lowest BCUT2D eigenvalue weighted by Crippen LogP contribution is -2.26. The number of benzene rings is 1. The molecule has 0 heterocycles. The highest BCUT2D eigenvalue weighted by Gasteiger charge is 2.09. The lowest BCUT2D eigenvalue weighted by molar-refractivity contribution is 0.0952. The van der Waals surface area contributed by atoms with E-state index in [1.54, 1.807) is 18.2 Å². The third-order valence-corrected chi connectivity index (χ3v) is 2.96. The summed E-state index contributed by atoms with van der Waals surface area (Å²) in [5.74, 6) is -0.0837. The lowest BCUT2D eigenvalue weighted by atomic mass is 10.2. The minimum Gasteiger partial charge on any atom is -0.352 e. The van der Waals surface area contributed by atoms with Gasteiger partial charge in [0, 0.05) is 16.0 Å². The molecule has 0 spiro atoms. The highest BCUT2D eigenvalue weighted by Crippen LogP contribution is 2.21. The van der Waals surface area contributed by atoms with Gasteiger partial charge in [-0.1, -0.05) is 11.6 Å². The summed E-state index contributed by atoms with van der Waals surface area (Å²) in [4.78, 5) is 11.7. The third-order valence-electron chi connectivity index (χ3n) is 2.06. The van der Waals surface area contributed by atoms with E-state index in [4.69, 9.17) is 11.6 Å². The minimum atomic E-state index is -0.0837. The van der Waals surface area contributed by atoms with E-state index >= 15 is 0 Å². The maximum atomic E-state index is 11.7. The summed E-state index contributed by atoms with van der Waals surface area (Å²) in [6.45, 7) is 1.55. The van der Waals surface area contributed by atoms with Crippen molar-refractivity contribution in [3.63, 3.8) is 0 Å². The first kappa shape index (κ1) is 13.5. The molecule has 0 bridgehead atoms. The Labute approximate surface area is 109 Å². The van der Waals surface area contributed by atoms with Gasteiger partial charge in [-0.15, -0.1) is 0 Å². The fraction of sp³-hybridized carbons (Fsp3) is 0.364. The molecule has 0 saturated carbocycles. The molecule has 0 aliphatic heterocycles. The number of carbonyl (C=O) groups excluding carboxylic acids is 1. The van der Waals surface area contributed by atoms with E-state index < -0.39 is 0 Å². The van der Waals surface area contributed by atoms with Crippen LogP contribution in [0.15, 0.2) is 22.7 Å². The van der Waals surface area contributed by atoms with Crippen molar-refractivity contribution in [2.75, 3.05) is 20.1 Å². The van der Waals surface area contributed by atoms with Gasteiger partial charge in [0.05, 0.1) is 5.56 Å². The summed E-state index contributed by atoms with van der Waals surface area (Å²) < 4.78 is 0.714. The fourth-order valence-electron chi connectivity index (χ4n) is 1.24. The predicted octanol–water partition coefficient (Wildman–Crippen LogP) is 2.44. The molecular formula is C11H14BrClN2O. The number of halogens is 2. The second kappa shape index (κ2) is 6.89. The molecule has 5 heteroatoms. The molecule has 0 aliphatic rings. The first-order valence-corrected chi connectivity index (χ1v) is 6.20. The summed E-state index contributed by atoms with van der Waals surface area (Å²) in [5, 5.41) is 6.47. The van der Waals surface area contributed by atoms with Crippen molar-refractivity contribution < 1.29 is 4.79 Å².